The predicted molar refractivity (Wildman–Crippen MR) is 324 cm³/mol. The molecule has 14 rings (SSSR count). The van der Waals surface area contributed by atoms with Crippen LogP contribution in [0.1, 0.15) is 146 Å². The van der Waals surface area contributed by atoms with Gasteiger partial charge in [0.05, 0.1) is 17.1 Å². The van der Waals surface area contributed by atoms with Gasteiger partial charge in [-0.15, -0.1) is 13.2 Å². The summed E-state index contributed by atoms with van der Waals surface area (Å²) in [4.78, 5) is 16.9. The highest BCUT2D eigenvalue weighted by atomic mass is 19.4. The van der Waals surface area contributed by atoms with Crippen LogP contribution in [0.4, 0.5) is 57.0 Å². The molecule has 500 valence electrons. The summed E-state index contributed by atoms with van der Waals surface area (Å²) in [6, 6.07) is 11.6. The molecule has 6 aromatic heterocycles. The molecule has 8 aliphatic rings. The lowest BCUT2D eigenvalue weighted by molar-refractivity contribution is -0.274. The predicted octanol–water partition coefficient (Wildman–Crippen LogP) is 11.8. The first kappa shape index (κ1) is 65.2. The van der Waals surface area contributed by atoms with Gasteiger partial charge in [0.2, 0.25) is 5.92 Å². The number of aliphatic hydroxyl groups excluding tert-OH is 2. The van der Waals surface area contributed by atoms with Crippen molar-refractivity contribution in [2.24, 2.45) is 47.3 Å². The zero-order chi connectivity index (χ0) is 65.6. The smallest absolute Gasteiger partial charge is 0.431 e. The largest absolute Gasteiger partial charge is 0.573 e. The second-order valence-corrected chi connectivity index (χ2v) is 27.3. The lowest BCUT2D eigenvalue weighted by atomic mass is 10.0. The summed E-state index contributed by atoms with van der Waals surface area (Å²) in [5, 5.41) is 32.9. The molecule has 8 heterocycles. The van der Waals surface area contributed by atoms with Gasteiger partial charge in [-0.2, -0.15) is 32.9 Å². The molecule has 6 saturated carbocycles. The summed E-state index contributed by atoms with van der Waals surface area (Å²) in [6.07, 6.45) is 6.28. The van der Waals surface area contributed by atoms with Crippen LogP contribution in [-0.2, 0) is 0 Å². The summed E-state index contributed by atoms with van der Waals surface area (Å²) in [5.41, 5.74) is 23.5. The Morgan fingerprint density at radius 2 is 0.848 bits per heavy atom. The Morgan fingerprint density at radius 3 is 1.15 bits per heavy atom. The molecule has 0 bridgehead atoms. The molecule has 0 spiro atoms. The first-order valence-electron chi connectivity index (χ1n) is 31.9. The van der Waals surface area contributed by atoms with Crippen molar-refractivity contribution in [3.8, 4) is 51.0 Å². The number of halogens is 9. The van der Waals surface area contributed by atoms with E-state index in [0.29, 0.717) is 99.8 Å². The van der Waals surface area contributed by atoms with Crippen molar-refractivity contribution in [2.75, 3.05) is 56.6 Å². The van der Waals surface area contributed by atoms with Crippen LogP contribution >= 0.6 is 0 Å². The lowest BCUT2D eigenvalue weighted by Gasteiger charge is -2.26. The monoisotopic (exact) mass is 1300 g/mol. The highest BCUT2D eigenvalue weighted by Crippen LogP contribution is 2.68. The molecule has 2 aliphatic heterocycles. The number of hydrogen-bond donors (Lipinski definition) is 5. The zero-order valence-electron chi connectivity index (χ0n) is 52.2. The van der Waals surface area contributed by atoms with Crippen LogP contribution in [0.5, 0.6) is 17.2 Å². The SMILES string of the molecule is CC(C)n1nc(-c2cnc(N)c(OC(F)(F)F)c2)cc1C1[C@H]2CC(N3CC[C@H](CO)C3)C[C@@H]12.CC(C)n1nc(-c2cnc(N)c(OC(F)F)c2)cc1C1[C@H]2CC(F)(F)C[C@@H]12.CC(C)n1nc(-c2cnc(N)c(OC(F)F)c2)cc1C1[C@H]2CC(N3CC[C@H](CO)C3)C[C@@H]12. The number of alkyl halides is 9. The van der Waals surface area contributed by atoms with Crippen molar-refractivity contribution in [1.29, 1.82) is 0 Å². The van der Waals surface area contributed by atoms with Crippen LogP contribution in [0.2, 0.25) is 0 Å². The number of rotatable bonds is 18. The molecular formula is C64H81F9N14O5. The van der Waals surface area contributed by atoms with E-state index in [0.717, 1.165) is 63.3 Å². The van der Waals surface area contributed by atoms with Crippen molar-refractivity contribution in [3.05, 3.63) is 72.1 Å². The quantitative estimate of drug-likeness (QED) is 0.0502. The van der Waals surface area contributed by atoms with Gasteiger partial charge in [-0.05, 0) is 177 Å². The van der Waals surface area contributed by atoms with Gasteiger partial charge in [0.15, 0.2) is 34.7 Å². The number of nitrogens with zero attached hydrogens (tertiary/aromatic N) is 11. The highest BCUT2D eigenvalue weighted by molar-refractivity contribution is 5.67. The third kappa shape index (κ3) is 13.6. The fraction of sp³-hybridized carbons (Fsp3) is 0.625. The third-order valence-corrected chi connectivity index (χ3v) is 20.4. The lowest BCUT2D eigenvalue weighted by Crippen LogP contribution is -2.33. The standard InChI is InChI=1S/C23H30F3N5O2.C23H31F2N5O2.C18H20F4N4O/c1-12(2)31-19(21-16-6-15(7-17(16)21)30-4-3-13(10-30)11-32)8-18(29-31)14-5-20(22(27)28-9-14)33-23(24,25)26;1-12(2)30-19(8-18(28-30)14-5-20(32-23(24)25)22(26)27-9-14)21-16-6-15(7-17(16)21)29-4-3-13(10-29)11-31;1-8(2)26-13(15-10-5-18(21,22)6-11(10)15)4-12(25-26)9-3-14(27-17(19)20)16(23)24-7-9/h5,8-9,12-13,15-17,21,32H,3-4,6-7,10-11H2,1-2H3,(H2,27,28);5,8-9,12-13,15-17,21,23,31H,3-4,6-7,10-11H2,1-2H3,(H2,26,27);3-4,7-8,10-11,15,17H,5-6H2,1-2H3,(H2,23,24)/t2*13-,15?,16-,17+,21?;10-,11+,15?/m00./s1. The van der Waals surface area contributed by atoms with Gasteiger partial charge < -0.3 is 41.6 Å². The van der Waals surface area contributed by atoms with E-state index in [-0.39, 0.29) is 84.3 Å². The van der Waals surface area contributed by atoms with Crippen LogP contribution < -0.4 is 31.4 Å². The van der Waals surface area contributed by atoms with Gasteiger partial charge >= 0.3 is 19.6 Å². The molecule has 6 aliphatic carbocycles. The average Bonchev–Trinajstić information content (AvgIpc) is 1.57. The molecule has 0 radical (unpaired) electrons. The first-order valence-corrected chi connectivity index (χ1v) is 31.9. The number of aliphatic hydroxyl groups is 2. The topological polar surface area (TPSA) is 245 Å². The van der Waals surface area contributed by atoms with Gasteiger partial charge in [0, 0.05) is 139 Å². The molecule has 28 heteroatoms. The van der Waals surface area contributed by atoms with E-state index in [1.807, 2.05) is 35.3 Å². The van der Waals surface area contributed by atoms with E-state index >= 15 is 0 Å². The Morgan fingerprint density at radius 1 is 0.522 bits per heavy atom. The summed E-state index contributed by atoms with van der Waals surface area (Å²) in [5.74, 6) is 0.370. The molecule has 0 aromatic carbocycles. The molecule has 92 heavy (non-hydrogen) atoms. The number of likely N-dealkylation sites (tertiary alicyclic amines) is 2. The number of aromatic nitrogens is 9. The highest BCUT2D eigenvalue weighted by Gasteiger charge is 2.64. The van der Waals surface area contributed by atoms with Crippen LogP contribution in [0.25, 0.3) is 33.8 Å². The Kier molecular flexibility index (Phi) is 18.0. The van der Waals surface area contributed by atoms with E-state index in [9.17, 15) is 49.7 Å². The Bertz CT molecular complexity index is 3560. The van der Waals surface area contributed by atoms with E-state index in [1.54, 1.807) is 6.20 Å². The summed E-state index contributed by atoms with van der Waals surface area (Å²) >= 11 is 0. The number of ether oxygens (including phenoxy) is 3. The second kappa shape index (κ2) is 25.4. The van der Waals surface area contributed by atoms with Crippen LogP contribution in [0.15, 0.2) is 55.0 Å². The number of nitrogens with two attached hydrogens (primary N) is 3. The summed E-state index contributed by atoms with van der Waals surface area (Å²) in [7, 11) is 0. The second-order valence-electron chi connectivity index (χ2n) is 27.3. The molecule has 2 saturated heterocycles. The Hall–Kier alpha value is -6.91. The minimum Gasteiger partial charge on any atom is -0.431 e. The average molecular weight is 1300 g/mol. The van der Waals surface area contributed by atoms with Gasteiger partial charge in [-0.25, -0.2) is 23.7 Å². The molecule has 6 aromatic rings. The van der Waals surface area contributed by atoms with Gasteiger partial charge in [0.1, 0.15) is 0 Å². The number of hydrogen-bond acceptors (Lipinski definition) is 16. The van der Waals surface area contributed by atoms with E-state index in [1.165, 1.54) is 49.1 Å². The van der Waals surface area contributed by atoms with E-state index in [2.05, 4.69) is 82.5 Å². The molecule has 13 atom stereocenters. The summed E-state index contributed by atoms with van der Waals surface area (Å²) in [6.45, 7) is 11.0. The van der Waals surface area contributed by atoms with Gasteiger partial charge in [-0.3, -0.25) is 23.8 Å². The maximum Gasteiger partial charge on any atom is 0.573 e. The fourth-order valence-electron chi connectivity index (χ4n) is 16.0. The minimum absolute atomic E-state index is 0.0238. The van der Waals surface area contributed by atoms with Crippen molar-refractivity contribution < 1.29 is 63.9 Å². The van der Waals surface area contributed by atoms with Crippen molar-refractivity contribution in [1.82, 2.24) is 54.1 Å². The number of pyridine rings is 3. The van der Waals surface area contributed by atoms with Crippen molar-refractivity contribution in [2.45, 2.75) is 166 Å². The molecule has 8 fully saturated rings. The van der Waals surface area contributed by atoms with Gasteiger partial charge in [-0.1, -0.05) is 0 Å². The van der Waals surface area contributed by atoms with Crippen LogP contribution in [0, 0.1) is 47.3 Å². The van der Waals surface area contributed by atoms with Crippen molar-refractivity contribution in [3.63, 3.8) is 0 Å². The maximum atomic E-state index is 13.5. The number of fused-ring (bicyclic) bond motifs is 3. The zero-order valence-corrected chi connectivity index (χ0v) is 52.2. The van der Waals surface area contributed by atoms with Crippen LogP contribution in [0.3, 0.4) is 0 Å². The molecular weight excluding hydrogens is 1220 g/mol. The molecule has 8 N–H and O–H groups in total. The molecule has 5 unspecified atom stereocenters. The third-order valence-electron chi connectivity index (χ3n) is 20.4. The Labute approximate surface area is 527 Å². The van der Waals surface area contributed by atoms with Gasteiger partial charge in [0.25, 0.3) is 0 Å². The normalized spacial score (nSPS) is 28.6. The van der Waals surface area contributed by atoms with Crippen molar-refractivity contribution >= 4 is 17.5 Å². The first-order chi connectivity index (χ1) is 43.7. The van der Waals surface area contributed by atoms with Crippen LogP contribution in [-0.4, -0.2) is 141 Å². The van der Waals surface area contributed by atoms with E-state index < -0.39 is 31.3 Å². The minimum atomic E-state index is -4.84. The van der Waals surface area contributed by atoms with E-state index in [4.69, 9.17) is 27.4 Å². The fourth-order valence-corrected chi connectivity index (χ4v) is 16.0. The number of nitrogen functional groups attached to an aromatic ring is 3. The summed E-state index contributed by atoms with van der Waals surface area (Å²) < 4.78 is 134. The number of anilines is 3. The maximum absolute atomic E-state index is 13.5. The Balaban J connectivity index is 0.000000134. The molecule has 0 amide bonds. The molecule has 19 nitrogen and oxygen atoms in total.